The number of amides is 1. The first kappa shape index (κ1) is 20.9. The van der Waals surface area contributed by atoms with E-state index in [1.165, 1.54) is 31.4 Å². The van der Waals surface area contributed by atoms with Crippen LogP contribution in [-0.4, -0.2) is 35.0 Å². The number of rotatable bonds is 6. The van der Waals surface area contributed by atoms with Gasteiger partial charge in [0.2, 0.25) is 5.91 Å². The number of benzene rings is 2. The van der Waals surface area contributed by atoms with Crippen molar-refractivity contribution in [1.29, 1.82) is 0 Å². The third-order valence-electron chi connectivity index (χ3n) is 4.80. The second-order valence-corrected chi connectivity index (χ2v) is 6.81. The van der Waals surface area contributed by atoms with E-state index < -0.39 is 29.9 Å². The van der Waals surface area contributed by atoms with Gasteiger partial charge in [-0.15, -0.1) is 0 Å². The summed E-state index contributed by atoms with van der Waals surface area (Å²) in [5, 5.41) is 15.1. The Morgan fingerprint density at radius 1 is 1.17 bits per heavy atom. The predicted molar refractivity (Wildman–Crippen MR) is 101 cm³/mol. The van der Waals surface area contributed by atoms with Gasteiger partial charge in [0.25, 0.3) is 0 Å². The summed E-state index contributed by atoms with van der Waals surface area (Å²) in [6, 6.07) is 15.3. The van der Waals surface area contributed by atoms with Gasteiger partial charge in [-0.3, -0.25) is 4.79 Å². The van der Waals surface area contributed by atoms with Crippen LogP contribution in [0, 0.1) is 0 Å². The molecule has 1 heterocycles. The Bertz CT molecular complexity index is 882. The molecule has 1 N–H and O–H groups in total. The number of hydrazone groups is 1. The topological polar surface area (TPSA) is 62.1 Å². The highest BCUT2D eigenvalue weighted by molar-refractivity contribution is 5.94. The molecule has 0 saturated heterocycles. The molecule has 0 unspecified atom stereocenters. The number of ether oxygens (including phenoxy) is 1. The first-order chi connectivity index (χ1) is 13.7. The molecule has 1 amide bonds. The number of methoxy groups -OCH3 is 1. The maximum absolute atomic E-state index is 13.2. The first-order valence-corrected chi connectivity index (χ1v) is 9.12. The fraction of sp³-hybridized carbons (Fsp3) is 0.333. The van der Waals surface area contributed by atoms with Gasteiger partial charge in [-0.2, -0.15) is 23.3 Å². The normalized spacial score (nSPS) is 19.2. The zero-order valence-electron chi connectivity index (χ0n) is 15.8. The number of hydrogen-bond donors (Lipinski definition) is 1. The average Bonchev–Trinajstić information content (AvgIpc) is 3.08. The maximum Gasteiger partial charge on any atom is 0.431 e. The van der Waals surface area contributed by atoms with E-state index in [1.54, 1.807) is 0 Å². The van der Waals surface area contributed by atoms with Crippen molar-refractivity contribution in [2.24, 2.45) is 5.10 Å². The van der Waals surface area contributed by atoms with Crippen LogP contribution >= 0.6 is 0 Å². The van der Waals surface area contributed by atoms with Crippen molar-refractivity contribution < 1.29 is 27.8 Å². The lowest BCUT2D eigenvalue weighted by Gasteiger charge is -2.31. The molecule has 0 spiro atoms. The summed E-state index contributed by atoms with van der Waals surface area (Å²) < 4.78 is 44.8. The summed E-state index contributed by atoms with van der Waals surface area (Å²) in [5.41, 5.74) is -2.22. The van der Waals surface area contributed by atoms with Crippen molar-refractivity contribution >= 4 is 11.6 Å². The van der Waals surface area contributed by atoms with Crippen molar-refractivity contribution in [3.8, 4) is 5.75 Å². The number of hydrogen-bond acceptors (Lipinski definition) is 4. The minimum Gasteiger partial charge on any atom is -0.497 e. The van der Waals surface area contributed by atoms with Gasteiger partial charge in [-0.1, -0.05) is 42.5 Å². The minimum absolute atomic E-state index is 0.0397. The zero-order valence-corrected chi connectivity index (χ0v) is 15.8. The van der Waals surface area contributed by atoms with Gasteiger partial charge >= 0.3 is 6.18 Å². The molecule has 0 aromatic heterocycles. The summed E-state index contributed by atoms with van der Waals surface area (Å²) in [6.07, 6.45) is -4.58. The molecule has 5 nitrogen and oxygen atoms in total. The number of carbonyl (C=O) groups is 1. The van der Waals surface area contributed by atoms with E-state index in [0.717, 1.165) is 5.56 Å². The molecule has 1 atom stereocenters. The van der Waals surface area contributed by atoms with Gasteiger partial charge < -0.3 is 9.84 Å². The molecule has 0 radical (unpaired) electrons. The van der Waals surface area contributed by atoms with Gasteiger partial charge in [0, 0.05) is 12.0 Å². The molecule has 154 valence electrons. The third kappa shape index (κ3) is 4.59. The molecule has 1 aliphatic heterocycles. The lowest BCUT2D eigenvalue weighted by molar-refractivity contribution is -0.158. The highest BCUT2D eigenvalue weighted by atomic mass is 19.4. The highest BCUT2D eigenvalue weighted by Gasteiger charge is 2.52. The maximum atomic E-state index is 13.2. The Balaban J connectivity index is 1.80. The summed E-state index contributed by atoms with van der Waals surface area (Å²) in [6.45, 7) is 0. The van der Waals surface area contributed by atoms with E-state index in [1.807, 2.05) is 30.3 Å². The van der Waals surface area contributed by atoms with Gasteiger partial charge in [-0.25, -0.2) is 0 Å². The fourth-order valence-electron chi connectivity index (χ4n) is 3.24. The summed E-state index contributed by atoms with van der Waals surface area (Å²) >= 11 is 0. The second kappa shape index (κ2) is 8.24. The van der Waals surface area contributed by atoms with Crippen LogP contribution in [0.15, 0.2) is 59.7 Å². The van der Waals surface area contributed by atoms with Crippen LogP contribution in [0.25, 0.3) is 0 Å². The summed E-state index contributed by atoms with van der Waals surface area (Å²) in [4.78, 5) is 12.7. The summed E-state index contributed by atoms with van der Waals surface area (Å²) in [5.74, 6) is -0.188. The molecule has 3 rings (SSSR count). The van der Waals surface area contributed by atoms with Gasteiger partial charge in [0.15, 0.2) is 5.72 Å². The largest absolute Gasteiger partial charge is 0.497 e. The minimum atomic E-state index is -4.74. The molecule has 0 fully saturated rings. The van der Waals surface area contributed by atoms with Crippen LogP contribution in [0.1, 0.15) is 30.4 Å². The standard InChI is InChI=1S/C21H21F3N2O3/c1-29-17-12-10-16(11-13-17)20(28)14-18(21(22,23)24)25-26(20)19(27)9-5-8-15-6-3-2-4-7-15/h2-4,6-7,10-13,28H,5,8-9,14H2,1H3/t20-/m1/s1. The number of nitrogens with zero attached hydrogens (tertiary/aromatic N) is 2. The van der Waals surface area contributed by atoms with E-state index in [4.69, 9.17) is 4.74 Å². The van der Waals surface area contributed by atoms with E-state index >= 15 is 0 Å². The Labute approximate surface area is 166 Å². The van der Waals surface area contributed by atoms with Crippen LogP contribution in [0.4, 0.5) is 13.2 Å². The van der Waals surface area contributed by atoms with Crippen molar-refractivity contribution in [3.05, 3.63) is 65.7 Å². The van der Waals surface area contributed by atoms with Crippen LogP contribution in [0.3, 0.4) is 0 Å². The van der Waals surface area contributed by atoms with Crippen LogP contribution in [0.2, 0.25) is 0 Å². The quantitative estimate of drug-likeness (QED) is 0.789. The Hall–Kier alpha value is -2.87. The molecular formula is C21H21F3N2O3. The molecular weight excluding hydrogens is 385 g/mol. The molecule has 0 saturated carbocycles. The van der Waals surface area contributed by atoms with Crippen LogP contribution in [-0.2, 0) is 16.9 Å². The Morgan fingerprint density at radius 2 is 1.83 bits per heavy atom. The van der Waals surface area contributed by atoms with Crippen molar-refractivity contribution in [1.82, 2.24) is 5.01 Å². The SMILES string of the molecule is COc1ccc([C@]2(O)CC(C(F)(F)F)=NN2C(=O)CCCc2ccccc2)cc1. The second-order valence-electron chi connectivity index (χ2n) is 6.81. The number of aliphatic hydroxyl groups is 1. The average molecular weight is 406 g/mol. The van der Waals surface area contributed by atoms with Crippen LogP contribution in [0.5, 0.6) is 5.75 Å². The monoisotopic (exact) mass is 406 g/mol. The van der Waals surface area contributed by atoms with E-state index in [2.05, 4.69) is 5.10 Å². The van der Waals surface area contributed by atoms with Gasteiger partial charge in [0.05, 0.1) is 13.5 Å². The van der Waals surface area contributed by atoms with Crippen molar-refractivity contribution in [2.75, 3.05) is 7.11 Å². The predicted octanol–water partition coefficient (Wildman–Crippen LogP) is 4.01. The number of carbonyl (C=O) groups excluding carboxylic acids is 1. The van der Waals surface area contributed by atoms with E-state index in [-0.39, 0.29) is 12.0 Å². The van der Waals surface area contributed by atoms with E-state index in [9.17, 15) is 23.1 Å². The molecule has 0 bridgehead atoms. The number of halogens is 3. The molecule has 1 aliphatic rings. The van der Waals surface area contributed by atoms with Gasteiger partial charge in [-0.05, 0) is 30.5 Å². The van der Waals surface area contributed by atoms with E-state index in [0.29, 0.717) is 23.6 Å². The Morgan fingerprint density at radius 3 is 2.41 bits per heavy atom. The lowest BCUT2D eigenvalue weighted by atomic mass is 9.96. The number of alkyl halides is 3. The number of aryl methyl sites for hydroxylation is 1. The van der Waals surface area contributed by atoms with Crippen molar-refractivity contribution in [3.63, 3.8) is 0 Å². The molecule has 0 aliphatic carbocycles. The smallest absolute Gasteiger partial charge is 0.431 e. The lowest BCUT2D eigenvalue weighted by Crippen LogP contribution is -2.43. The van der Waals surface area contributed by atoms with Crippen LogP contribution < -0.4 is 4.74 Å². The third-order valence-corrected chi connectivity index (χ3v) is 4.80. The Kier molecular flexibility index (Phi) is 5.93. The highest BCUT2D eigenvalue weighted by Crippen LogP contribution is 2.40. The fourth-order valence-corrected chi connectivity index (χ4v) is 3.24. The summed E-state index contributed by atoms with van der Waals surface area (Å²) in [7, 11) is 1.45. The molecule has 2 aromatic rings. The molecule has 2 aromatic carbocycles. The zero-order chi connectivity index (χ0) is 21.1. The molecule has 29 heavy (non-hydrogen) atoms. The molecule has 8 heteroatoms. The first-order valence-electron chi connectivity index (χ1n) is 9.12. The van der Waals surface area contributed by atoms with Crippen molar-refractivity contribution in [2.45, 2.75) is 37.6 Å². The van der Waals surface area contributed by atoms with Gasteiger partial charge in [0.1, 0.15) is 11.5 Å².